The molecule has 2 aliphatic rings. The minimum Gasteiger partial charge on any atom is -0.349 e. The van der Waals surface area contributed by atoms with Crippen molar-refractivity contribution >= 4 is 22.8 Å². The van der Waals surface area contributed by atoms with Crippen molar-refractivity contribution < 1.29 is 9.47 Å². The van der Waals surface area contributed by atoms with Crippen molar-refractivity contribution in [2.24, 2.45) is 5.92 Å². The molecule has 3 heterocycles. The summed E-state index contributed by atoms with van der Waals surface area (Å²) in [6, 6.07) is 0.188. The lowest BCUT2D eigenvalue weighted by Gasteiger charge is -2.29. The molecule has 1 saturated heterocycles. The van der Waals surface area contributed by atoms with E-state index in [-0.39, 0.29) is 12.3 Å². The first kappa shape index (κ1) is 15.7. The van der Waals surface area contributed by atoms with E-state index in [1.165, 1.54) is 11.9 Å². The number of halogens is 1. The van der Waals surface area contributed by atoms with Crippen LogP contribution in [0.3, 0.4) is 0 Å². The molecule has 2 aromatic heterocycles. The average molecular weight is 347 g/mol. The summed E-state index contributed by atoms with van der Waals surface area (Å²) in [5, 5.41) is 0.385. The maximum Gasteiger partial charge on any atom is 0.180 e. The predicted molar refractivity (Wildman–Crippen MR) is 90.7 cm³/mol. The van der Waals surface area contributed by atoms with Crippen molar-refractivity contribution in [1.29, 1.82) is 0 Å². The minimum atomic E-state index is -0.248. The lowest BCUT2D eigenvalue weighted by molar-refractivity contribution is -0.138. The molecule has 24 heavy (non-hydrogen) atoms. The normalized spacial score (nSPS) is 26.4. The van der Waals surface area contributed by atoms with Crippen LogP contribution in [0.2, 0.25) is 5.15 Å². The Morgan fingerprint density at radius 3 is 3.21 bits per heavy atom. The van der Waals surface area contributed by atoms with Gasteiger partial charge < -0.3 is 14.0 Å². The van der Waals surface area contributed by atoms with Gasteiger partial charge in [0.15, 0.2) is 17.1 Å². The molecule has 0 spiro atoms. The number of rotatable bonds is 5. The predicted octanol–water partition coefficient (Wildman–Crippen LogP) is 3.31. The molecule has 1 aliphatic carbocycles. The number of hydrogen-bond donors (Lipinski definition) is 0. The molecule has 2 aromatic rings. The molecule has 4 rings (SSSR count). The Kier molecular flexibility index (Phi) is 4.35. The van der Waals surface area contributed by atoms with E-state index in [4.69, 9.17) is 21.1 Å². The monoisotopic (exact) mass is 346 g/mol. The molecule has 0 amide bonds. The van der Waals surface area contributed by atoms with Crippen LogP contribution in [0.5, 0.6) is 0 Å². The summed E-state index contributed by atoms with van der Waals surface area (Å²) in [6.45, 7) is 5.08. The second-order valence-corrected chi connectivity index (χ2v) is 6.45. The Morgan fingerprint density at radius 1 is 1.42 bits per heavy atom. The van der Waals surface area contributed by atoms with Gasteiger partial charge in [-0.05, 0) is 30.8 Å². The molecule has 7 heteroatoms. The van der Waals surface area contributed by atoms with E-state index < -0.39 is 0 Å². The van der Waals surface area contributed by atoms with Crippen LogP contribution in [0.4, 0.5) is 0 Å². The number of aromatic nitrogens is 4. The number of allylic oxidation sites excluding steroid dienone is 1. The van der Waals surface area contributed by atoms with Crippen LogP contribution >= 0.6 is 11.6 Å². The Balaban J connectivity index is 1.61. The van der Waals surface area contributed by atoms with E-state index in [2.05, 4.69) is 32.2 Å². The number of fused-ring (bicyclic) bond motifs is 2. The maximum atomic E-state index is 6.10. The SMILES string of the molecule is C=CCCO[C@@H]1OCC[C@H]2C[C@@H](n3cnc4c(Cl)ncnc43)C=C21. The third-order valence-corrected chi connectivity index (χ3v) is 4.93. The fraction of sp³-hybridized carbons (Fsp3) is 0.471. The van der Waals surface area contributed by atoms with Crippen LogP contribution in [0.15, 0.2) is 37.0 Å². The van der Waals surface area contributed by atoms with E-state index in [9.17, 15) is 0 Å². The molecule has 0 saturated carbocycles. The summed E-state index contributed by atoms with van der Waals surface area (Å²) in [5.41, 5.74) is 2.64. The van der Waals surface area contributed by atoms with E-state index >= 15 is 0 Å². The Labute approximate surface area is 145 Å². The van der Waals surface area contributed by atoms with Crippen molar-refractivity contribution in [1.82, 2.24) is 19.5 Å². The Hall–Kier alpha value is -1.76. The molecule has 0 radical (unpaired) electrons. The van der Waals surface area contributed by atoms with Gasteiger partial charge in [-0.25, -0.2) is 15.0 Å². The van der Waals surface area contributed by atoms with Crippen LogP contribution in [0.1, 0.15) is 25.3 Å². The quantitative estimate of drug-likeness (QED) is 0.472. The first-order valence-electron chi connectivity index (χ1n) is 8.16. The van der Waals surface area contributed by atoms with Gasteiger partial charge in [0, 0.05) is 0 Å². The van der Waals surface area contributed by atoms with Crippen LogP contribution in [0.25, 0.3) is 11.2 Å². The van der Waals surface area contributed by atoms with Crippen molar-refractivity contribution in [2.45, 2.75) is 31.6 Å². The van der Waals surface area contributed by atoms with Crippen molar-refractivity contribution in [3.63, 3.8) is 0 Å². The standard InChI is InChI=1S/C17H19ClN4O2/c1-2-3-5-23-17-13-8-12(7-11(13)4-6-24-17)22-10-21-14-15(18)19-9-20-16(14)22/h2,8-12,17H,1,3-7H2/t11-,12+,17+/m0/s1. The van der Waals surface area contributed by atoms with Gasteiger partial charge in [-0.2, -0.15) is 0 Å². The summed E-state index contributed by atoms with van der Waals surface area (Å²) in [4.78, 5) is 12.7. The molecular formula is C17H19ClN4O2. The maximum absolute atomic E-state index is 6.10. The number of hydrogen-bond acceptors (Lipinski definition) is 5. The van der Waals surface area contributed by atoms with Gasteiger partial charge in [-0.1, -0.05) is 23.8 Å². The van der Waals surface area contributed by atoms with Crippen LogP contribution < -0.4 is 0 Å². The molecule has 0 N–H and O–H groups in total. The third-order valence-electron chi connectivity index (χ3n) is 4.65. The lowest BCUT2D eigenvalue weighted by Crippen LogP contribution is -2.29. The highest BCUT2D eigenvalue weighted by Crippen LogP contribution is 2.42. The van der Waals surface area contributed by atoms with Crippen LogP contribution in [0, 0.1) is 5.92 Å². The van der Waals surface area contributed by atoms with Crippen molar-refractivity contribution in [3.05, 3.63) is 42.1 Å². The molecule has 3 atom stereocenters. The number of ether oxygens (including phenoxy) is 2. The Bertz CT molecular complexity index is 788. The van der Waals surface area contributed by atoms with E-state index in [1.807, 2.05) is 6.08 Å². The van der Waals surface area contributed by atoms with Crippen molar-refractivity contribution in [3.8, 4) is 0 Å². The summed E-state index contributed by atoms with van der Waals surface area (Å²) >= 11 is 6.10. The van der Waals surface area contributed by atoms with Gasteiger partial charge in [0.25, 0.3) is 0 Å². The second kappa shape index (κ2) is 6.63. The molecule has 126 valence electrons. The zero-order chi connectivity index (χ0) is 16.5. The average Bonchev–Trinajstić information content (AvgIpc) is 3.19. The summed E-state index contributed by atoms with van der Waals surface area (Å²) in [5.74, 6) is 0.479. The summed E-state index contributed by atoms with van der Waals surface area (Å²) < 4.78 is 13.8. The van der Waals surface area contributed by atoms with Gasteiger partial charge in [0.05, 0.1) is 25.6 Å². The van der Waals surface area contributed by atoms with Crippen molar-refractivity contribution in [2.75, 3.05) is 13.2 Å². The zero-order valence-electron chi connectivity index (χ0n) is 13.3. The van der Waals surface area contributed by atoms with Gasteiger partial charge in [0.2, 0.25) is 0 Å². The zero-order valence-corrected chi connectivity index (χ0v) is 14.0. The molecule has 1 aliphatic heterocycles. The van der Waals surface area contributed by atoms with Gasteiger partial charge >= 0.3 is 0 Å². The van der Waals surface area contributed by atoms with Gasteiger partial charge in [-0.3, -0.25) is 0 Å². The summed E-state index contributed by atoms with van der Waals surface area (Å²) in [6.07, 6.45) is 9.96. The van der Waals surface area contributed by atoms with Gasteiger partial charge in [0.1, 0.15) is 11.8 Å². The highest BCUT2D eigenvalue weighted by atomic mass is 35.5. The number of nitrogens with zero attached hydrogens (tertiary/aromatic N) is 4. The first-order chi connectivity index (χ1) is 11.8. The smallest absolute Gasteiger partial charge is 0.180 e. The van der Waals surface area contributed by atoms with E-state index in [0.717, 1.165) is 31.5 Å². The summed E-state index contributed by atoms with van der Waals surface area (Å²) in [7, 11) is 0. The third kappa shape index (κ3) is 2.75. The highest BCUT2D eigenvalue weighted by molar-refractivity contribution is 6.33. The van der Waals surface area contributed by atoms with Crippen LogP contribution in [-0.4, -0.2) is 39.0 Å². The van der Waals surface area contributed by atoms with E-state index in [1.54, 1.807) is 6.33 Å². The molecule has 0 unspecified atom stereocenters. The highest BCUT2D eigenvalue weighted by Gasteiger charge is 2.36. The fourth-order valence-corrected chi connectivity index (χ4v) is 3.66. The number of imidazole rings is 1. The molecule has 6 nitrogen and oxygen atoms in total. The lowest BCUT2D eigenvalue weighted by atomic mass is 9.95. The Morgan fingerprint density at radius 2 is 2.33 bits per heavy atom. The first-order valence-corrected chi connectivity index (χ1v) is 8.54. The topological polar surface area (TPSA) is 62.1 Å². The van der Waals surface area contributed by atoms with Gasteiger partial charge in [-0.15, -0.1) is 6.58 Å². The second-order valence-electron chi connectivity index (χ2n) is 6.09. The molecular weight excluding hydrogens is 328 g/mol. The minimum absolute atomic E-state index is 0.188. The van der Waals surface area contributed by atoms with Crippen LogP contribution in [-0.2, 0) is 9.47 Å². The molecule has 0 aromatic carbocycles. The fourth-order valence-electron chi connectivity index (χ4n) is 3.49. The van der Waals surface area contributed by atoms with E-state index in [0.29, 0.717) is 23.2 Å². The molecule has 1 fully saturated rings. The largest absolute Gasteiger partial charge is 0.349 e. The molecule has 0 bridgehead atoms.